The monoisotopic (exact) mass is 290 g/mol. The number of rotatable bonds is 8. The van der Waals surface area contributed by atoms with Crippen molar-refractivity contribution in [2.24, 2.45) is 0 Å². The number of sulfonamides is 1. The second-order valence-corrected chi connectivity index (χ2v) is 6.27. The third-order valence-electron chi connectivity index (χ3n) is 2.64. The molecule has 0 aliphatic rings. The van der Waals surface area contributed by atoms with Gasteiger partial charge in [-0.15, -0.1) is 0 Å². The van der Waals surface area contributed by atoms with E-state index >= 15 is 0 Å². The first-order valence-corrected chi connectivity index (χ1v) is 7.61. The van der Waals surface area contributed by atoms with Crippen LogP contribution in [0.5, 0.6) is 0 Å². The number of furan rings is 1. The van der Waals surface area contributed by atoms with Crippen LogP contribution in [-0.4, -0.2) is 46.1 Å². The highest BCUT2D eigenvalue weighted by Gasteiger charge is 2.29. The van der Waals surface area contributed by atoms with Gasteiger partial charge in [0, 0.05) is 19.7 Å². The first kappa shape index (κ1) is 16.2. The molecule has 1 N–H and O–H groups in total. The number of ether oxygens (including phenoxy) is 1. The van der Waals surface area contributed by atoms with Gasteiger partial charge in [0.05, 0.1) is 13.2 Å². The molecule has 19 heavy (non-hydrogen) atoms. The van der Waals surface area contributed by atoms with Gasteiger partial charge in [-0.05, 0) is 33.0 Å². The molecule has 1 rings (SSSR count). The van der Waals surface area contributed by atoms with Crippen molar-refractivity contribution >= 4 is 10.0 Å². The Kier molecular flexibility index (Phi) is 5.99. The van der Waals surface area contributed by atoms with Crippen molar-refractivity contribution < 1.29 is 17.6 Å². The molecule has 0 amide bonds. The first-order chi connectivity index (χ1) is 8.93. The Morgan fingerprint density at radius 2 is 2.11 bits per heavy atom. The van der Waals surface area contributed by atoms with Crippen molar-refractivity contribution in [3.63, 3.8) is 0 Å². The molecule has 0 fully saturated rings. The molecule has 0 atom stereocenters. The Morgan fingerprint density at radius 3 is 2.63 bits per heavy atom. The maximum Gasteiger partial charge on any atom is 0.276 e. The fourth-order valence-corrected chi connectivity index (χ4v) is 3.27. The Hall–Kier alpha value is -0.890. The second kappa shape index (κ2) is 7.04. The normalized spacial score (nSPS) is 12.5. The summed E-state index contributed by atoms with van der Waals surface area (Å²) in [6.45, 7) is 4.80. The summed E-state index contributed by atoms with van der Waals surface area (Å²) < 4.78 is 36.6. The fourth-order valence-electron chi connectivity index (χ4n) is 1.72. The van der Waals surface area contributed by atoms with Gasteiger partial charge in [-0.25, -0.2) is 8.42 Å². The smallest absolute Gasteiger partial charge is 0.276 e. The highest BCUT2D eigenvalue weighted by molar-refractivity contribution is 7.89. The predicted octanol–water partition coefficient (Wildman–Crippen LogP) is 1.04. The molecule has 0 unspecified atom stereocenters. The van der Waals surface area contributed by atoms with E-state index < -0.39 is 10.0 Å². The quantitative estimate of drug-likeness (QED) is 0.774. The molecule has 0 saturated heterocycles. The Morgan fingerprint density at radius 1 is 1.42 bits per heavy atom. The third kappa shape index (κ3) is 4.04. The van der Waals surface area contributed by atoms with Gasteiger partial charge in [0.15, 0.2) is 0 Å². The lowest BCUT2D eigenvalue weighted by Crippen LogP contribution is -2.39. The van der Waals surface area contributed by atoms with E-state index in [9.17, 15) is 8.42 Å². The molecule has 110 valence electrons. The van der Waals surface area contributed by atoms with Crippen LogP contribution in [0.15, 0.2) is 21.6 Å². The number of methoxy groups -OCH3 is 1. The van der Waals surface area contributed by atoms with Gasteiger partial charge in [-0.2, -0.15) is 4.31 Å². The predicted molar refractivity (Wildman–Crippen MR) is 72.4 cm³/mol. The van der Waals surface area contributed by atoms with Crippen molar-refractivity contribution in [2.75, 3.05) is 27.3 Å². The molecule has 1 aromatic rings. The van der Waals surface area contributed by atoms with Gasteiger partial charge >= 0.3 is 0 Å². The summed E-state index contributed by atoms with van der Waals surface area (Å²) in [6, 6.07) is 3.00. The molecule has 1 aromatic heterocycles. The van der Waals surface area contributed by atoms with Crippen LogP contribution in [0.1, 0.15) is 19.6 Å². The lowest BCUT2D eigenvalue weighted by Gasteiger charge is -2.24. The summed E-state index contributed by atoms with van der Waals surface area (Å²) >= 11 is 0. The molecule has 7 heteroatoms. The molecule has 0 saturated carbocycles. The van der Waals surface area contributed by atoms with E-state index in [1.165, 1.54) is 10.4 Å². The zero-order chi connectivity index (χ0) is 14.5. The molecule has 1 heterocycles. The number of nitrogens with one attached hydrogen (secondary N) is 1. The molecular weight excluding hydrogens is 268 g/mol. The molecule has 0 spiro atoms. The average molecular weight is 290 g/mol. The molecule has 6 nitrogen and oxygen atoms in total. The van der Waals surface area contributed by atoms with Crippen molar-refractivity contribution in [2.45, 2.75) is 31.5 Å². The van der Waals surface area contributed by atoms with E-state index in [-0.39, 0.29) is 11.1 Å². The number of hydrogen-bond donors (Lipinski definition) is 1. The highest BCUT2D eigenvalue weighted by Crippen LogP contribution is 2.20. The van der Waals surface area contributed by atoms with Crippen LogP contribution in [0, 0.1) is 0 Å². The maximum absolute atomic E-state index is 12.5. The lowest BCUT2D eigenvalue weighted by molar-refractivity contribution is 0.169. The first-order valence-electron chi connectivity index (χ1n) is 6.17. The standard InChI is InChI=1S/C12H22N2O4S/c1-10(2)14(7-8-17-4)19(15,16)12-6-5-11(18-12)9-13-3/h5-6,10,13H,7-9H2,1-4H3. The largest absolute Gasteiger partial charge is 0.447 e. The van der Waals surface area contributed by atoms with Gasteiger partial charge in [-0.1, -0.05) is 0 Å². The molecule has 0 bridgehead atoms. The lowest BCUT2D eigenvalue weighted by atomic mass is 10.4. The van der Waals surface area contributed by atoms with Crippen LogP contribution in [0.25, 0.3) is 0 Å². The molecule has 0 aliphatic heterocycles. The average Bonchev–Trinajstić information content (AvgIpc) is 2.78. The maximum atomic E-state index is 12.5. The van der Waals surface area contributed by atoms with Crippen LogP contribution in [0.4, 0.5) is 0 Å². The second-order valence-electron chi connectivity index (χ2n) is 4.45. The van der Waals surface area contributed by atoms with Gasteiger partial charge < -0.3 is 14.5 Å². The van der Waals surface area contributed by atoms with Crippen LogP contribution >= 0.6 is 0 Å². The zero-order valence-electron chi connectivity index (χ0n) is 11.8. The molecule has 0 aromatic carbocycles. The highest BCUT2D eigenvalue weighted by atomic mass is 32.2. The Balaban J connectivity index is 2.97. The summed E-state index contributed by atoms with van der Waals surface area (Å²) in [5, 5.41) is 2.89. The van der Waals surface area contributed by atoms with E-state index in [1.807, 2.05) is 13.8 Å². The minimum Gasteiger partial charge on any atom is -0.447 e. The van der Waals surface area contributed by atoms with Gasteiger partial charge in [-0.3, -0.25) is 0 Å². The molecule has 0 aliphatic carbocycles. The van der Waals surface area contributed by atoms with E-state index in [0.29, 0.717) is 25.5 Å². The topological polar surface area (TPSA) is 71.8 Å². The van der Waals surface area contributed by atoms with E-state index in [4.69, 9.17) is 9.15 Å². The van der Waals surface area contributed by atoms with Crippen LogP contribution < -0.4 is 5.32 Å². The number of hydrogen-bond acceptors (Lipinski definition) is 5. The van der Waals surface area contributed by atoms with E-state index in [0.717, 1.165) is 0 Å². The van der Waals surface area contributed by atoms with E-state index in [1.54, 1.807) is 20.2 Å². The number of nitrogens with zero attached hydrogens (tertiary/aromatic N) is 1. The third-order valence-corrected chi connectivity index (χ3v) is 4.59. The van der Waals surface area contributed by atoms with Crippen molar-refractivity contribution in [1.29, 1.82) is 0 Å². The van der Waals surface area contributed by atoms with Crippen LogP contribution in [0.2, 0.25) is 0 Å². The minimum atomic E-state index is -3.61. The summed E-state index contributed by atoms with van der Waals surface area (Å²) in [4.78, 5) is 0. The van der Waals surface area contributed by atoms with Gasteiger partial charge in [0.25, 0.3) is 10.0 Å². The van der Waals surface area contributed by atoms with Crippen molar-refractivity contribution in [3.8, 4) is 0 Å². The van der Waals surface area contributed by atoms with Crippen molar-refractivity contribution in [3.05, 3.63) is 17.9 Å². The minimum absolute atomic E-state index is 0.0254. The summed E-state index contributed by atoms with van der Waals surface area (Å²) in [5.41, 5.74) is 0. The van der Waals surface area contributed by atoms with Crippen LogP contribution in [0.3, 0.4) is 0 Å². The Labute approximate surface area is 114 Å². The summed E-state index contributed by atoms with van der Waals surface area (Å²) in [7, 11) is -0.293. The Bertz CT molecular complexity index is 482. The van der Waals surface area contributed by atoms with Crippen LogP contribution in [-0.2, 0) is 21.3 Å². The summed E-state index contributed by atoms with van der Waals surface area (Å²) in [6.07, 6.45) is 0. The van der Waals surface area contributed by atoms with Gasteiger partial charge in [0.1, 0.15) is 5.76 Å². The molecule has 0 radical (unpaired) electrons. The molecular formula is C12H22N2O4S. The summed E-state index contributed by atoms with van der Waals surface area (Å²) in [5.74, 6) is 0.594. The SMILES string of the molecule is CNCc1ccc(S(=O)(=O)N(CCOC)C(C)C)o1. The van der Waals surface area contributed by atoms with Gasteiger partial charge in [0.2, 0.25) is 5.09 Å². The van der Waals surface area contributed by atoms with Crippen molar-refractivity contribution in [1.82, 2.24) is 9.62 Å². The van der Waals surface area contributed by atoms with E-state index in [2.05, 4.69) is 5.32 Å². The fraction of sp³-hybridized carbons (Fsp3) is 0.667. The zero-order valence-corrected chi connectivity index (χ0v) is 12.7.